The average molecular weight is 482 g/mol. The lowest BCUT2D eigenvalue weighted by Crippen LogP contribution is -2.22. The zero-order valence-electron chi connectivity index (χ0n) is 17.6. The van der Waals surface area contributed by atoms with E-state index in [0.29, 0.717) is 0 Å². The van der Waals surface area contributed by atoms with Gasteiger partial charge < -0.3 is 5.21 Å². The highest BCUT2D eigenvalue weighted by atomic mass is 31.3. The lowest BCUT2D eigenvalue weighted by Gasteiger charge is -2.38. The summed E-state index contributed by atoms with van der Waals surface area (Å²) in [5, 5.41) is 10.2. The van der Waals surface area contributed by atoms with Crippen LogP contribution in [0.3, 0.4) is 0 Å². The van der Waals surface area contributed by atoms with Gasteiger partial charge in [0.05, 0.1) is 0 Å². The third-order valence-electron chi connectivity index (χ3n) is 6.23. The molecule has 1 aromatic rings. The van der Waals surface area contributed by atoms with Gasteiger partial charge in [-0.25, -0.2) is 28.0 Å². The smallest absolute Gasteiger partial charge is 0.221 e. The van der Waals surface area contributed by atoms with Gasteiger partial charge in [0.15, 0.2) is 12.4 Å². The summed E-state index contributed by atoms with van der Waals surface area (Å²) < 4.78 is 33.4. The normalized spacial score (nSPS) is 32.5. The predicted octanol–water partition coefficient (Wildman–Crippen LogP) is 2.05. The molecule has 0 aliphatic carbocycles. The summed E-state index contributed by atoms with van der Waals surface area (Å²) in [6.45, 7) is 14.3. The maximum Gasteiger partial charge on any atom is 0.221 e. The Balaban J connectivity index is 0.000000212. The second-order valence-electron chi connectivity index (χ2n) is 8.84. The van der Waals surface area contributed by atoms with Crippen molar-refractivity contribution in [3.8, 4) is 0 Å². The van der Waals surface area contributed by atoms with Crippen molar-refractivity contribution in [3.05, 3.63) is 35.8 Å². The minimum absolute atomic E-state index is 0.750. The molecule has 0 N–H and O–H groups in total. The number of nitrogens with zero attached hydrogens (tertiary/aromatic N) is 10. The highest BCUT2D eigenvalue weighted by Crippen LogP contribution is 2.87. The number of hydrogen-bond acceptors (Lipinski definition) is 10. The summed E-state index contributed by atoms with van der Waals surface area (Å²) >= 11 is 0. The SMILES string of the molecule is C1CN1P1(N2CC2)=NP(N2CC2)(N2CC2)=NP(N2CC2)(N2CC2)=N1.[O-][n+]1ccccc1. The van der Waals surface area contributed by atoms with Gasteiger partial charge in [-0.15, -0.1) is 0 Å². The molecule has 168 valence electrons. The van der Waals surface area contributed by atoms with Crippen LogP contribution in [-0.4, -0.2) is 107 Å². The van der Waals surface area contributed by atoms with Gasteiger partial charge in [0.25, 0.3) is 0 Å². The fraction of sp³-hybridized carbons (Fsp3) is 0.706. The minimum Gasteiger partial charge on any atom is -0.619 e. The molecule has 0 amide bonds. The average Bonchev–Trinajstić information content (AvgIpc) is 3.66. The van der Waals surface area contributed by atoms with Crippen molar-refractivity contribution in [1.29, 1.82) is 0 Å². The van der Waals surface area contributed by atoms with Gasteiger partial charge in [0.1, 0.15) is 0 Å². The van der Waals surface area contributed by atoms with Crippen molar-refractivity contribution >= 4 is 22.5 Å². The van der Waals surface area contributed by atoms with E-state index in [2.05, 4.69) is 28.0 Å². The van der Waals surface area contributed by atoms with Crippen LogP contribution in [0.25, 0.3) is 0 Å². The van der Waals surface area contributed by atoms with Crippen LogP contribution in [0.1, 0.15) is 0 Å². The van der Waals surface area contributed by atoms with Crippen molar-refractivity contribution in [2.75, 3.05) is 78.5 Å². The maximum atomic E-state index is 10.2. The Hall–Kier alpha value is -0.600. The van der Waals surface area contributed by atoms with Crippen LogP contribution in [0.4, 0.5) is 0 Å². The minimum atomic E-state index is -1.86. The largest absolute Gasteiger partial charge is 0.619 e. The second-order valence-corrected chi connectivity index (χ2v) is 17.6. The summed E-state index contributed by atoms with van der Waals surface area (Å²) in [6.07, 6.45) is 2.89. The van der Waals surface area contributed by atoms with Crippen molar-refractivity contribution < 1.29 is 4.73 Å². The van der Waals surface area contributed by atoms with Gasteiger partial charge in [0.2, 0.25) is 22.5 Å². The summed E-state index contributed by atoms with van der Waals surface area (Å²) in [6, 6.07) is 5.18. The van der Waals surface area contributed by atoms with E-state index in [1.807, 2.05) is 0 Å². The molecule has 8 heterocycles. The standard InChI is InChI=1S/C12H24N9P3.C5H5NO/c1-2-16(1)22(17-3-4-17)13-23(18-5-6-18,19-7-8-19)15-24(14-22,20-9-10-20)21-11-12-21;7-6-4-2-1-3-5-6/h1-12H2;1-5H. The molecule has 8 rings (SSSR count). The van der Waals surface area contributed by atoms with Gasteiger partial charge >= 0.3 is 0 Å². The molecule has 11 nitrogen and oxygen atoms in total. The van der Waals surface area contributed by atoms with Crippen LogP contribution in [0.2, 0.25) is 0 Å². The molecule has 7 aliphatic heterocycles. The molecule has 0 saturated carbocycles. The van der Waals surface area contributed by atoms with E-state index in [1.165, 1.54) is 90.9 Å². The highest BCUT2D eigenvalue weighted by Gasteiger charge is 2.60. The zero-order chi connectivity index (χ0) is 20.7. The van der Waals surface area contributed by atoms with E-state index in [9.17, 15) is 5.21 Å². The molecule has 0 bridgehead atoms. The highest BCUT2D eigenvalue weighted by molar-refractivity contribution is 7.83. The predicted molar refractivity (Wildman–Crippen MR) is 123 cm³/mol. The Morgan fingerprint density at radius 2 is 0.742 bits per heavy atom. The summed E-state index contributed by atoms with van der Waals surface area (Å²) in [7, 11) is -5.57. The molecule has 14 heteroatoms. The Bertz CT molecular complexity index is 886. The first-order chi connectivity index (χ1) is 15.1. The Morgan fingerprint density at radius 3 is 0.903 bits per heavy atom. The Labute approximate surface area is 183 Å². The summed E-state index contributed by atoms with van der Waals surface area (Å²) in [5.41, 5.74) is 0. The molecule has 0 atom stereocenters. The third kappa shape index (κ3) is 3.50. The van der Waals surface area contributed by atoms with Gasteiger partial charge in [-0.05, 0) is 0 Å². The molecular formula is C17H29N10OP3. The fourth-order valence-electron chi connectivity index (χ4n) is 4.01. The quantitative estimate of drug-likeness (QED) is 0.266. The molecular weight excluding hydrogens is 453 g/mol. The number of pyridine rings is 1. The second kappa shape index (κ2) is 6.95. The number of hydrogen-bond donors (Lipinski definition) is 0. The number of rotatable bonds is 6. The van der Waals surface area contributed by atoms with Gasteiger partial charge in [-0.2, -0.15) is 18.3 Å². The fourth-order valence-corrected chi connectivity index (χ4v) is 19.5. The van der Waals surface area contributed by atoms with Crippen LogP contribution in [0.15, 0.2) is 44.1 Å². The van der Waals surface area contributed by atoms with Gasteiger partial charge in [0, 0.05) is 90.7 Å². The van der Waals surface area contributed by atoms with Crippen molar-refractivity contribution in [3.63, 3.8) is 0 Å². The molecule has 6 saturated heterocycles. The summed E-state index contributed by atoms with van der Waals surface area (Å²) in [4.78, 5) is 0. The van der Waals surface area contributed by atoms with E-state index < -0.39 is 22.5 Å². The van der Waals surface area contributed by atoms with E-state index in [1.54, 1.807) is 18.2 Å². The molecule has 0 spiro atoms. The van der Waals surface area contributed by atoms with Crippen LogP contribution >= 0.6 is 22.5 Å². The first-order valence-electron chi connectivity index (χ1n) is 11.2. The van der Waals surface area contributed by atoms with Crippen molar-refractivity contribution in [2.24, 2.45) is 13.5 Å². The third-order valence-corrected chi connectivity index (χ3v) is 18.9. The van der Waals surface area contributed by atoms with Crippen LogP contribution in [0.5, 0.6) is 0 Å². The lowest BCUT2D eigenvalue weighted by atomic mass is 10.5. The monoisotopic (exact) mass is 482 g/mol. The van der Waals surface area contributed by atoms with Crippen molar-refractivity contribution in [2.45, 2.75) is 0 Å². The van der Waals surface area contributed by atoms with Crippen LogP contribution in [0, 0.1) is 5.21 Å². The van der Waals surface area contributed by atoms with E-state index >= 15 is 0 Å². The summed E-state index contributed by atoms with van der Waals surface area (Å²) in [5.74, 6) is 0. The molecule has 0 aromatic carbocycles. The maximum absolute atomic E-state index is 10.2. The van der Waals surface area contributed by atoms with Gasteiger partial charge in [-0.3, -0.25) is 0 Å². The van der Waals surface area contributed by atoms with Crippen LogP contribution in [-0.2, 0) is 0 Å². The molecule has 7 aliphatic rings. The van der Waals surface area contributed by atoms with Gasteiger partial charge in [-0.1, -0.05) is 6.07 Å². The Kier molecular flexibility index (Phi) is 4.45. The topological polar surface area (TPSA) is 82.1 Å². The van der Waals surface area contributed by atoms with Crippen molar-refractivity contribution in [1.82, 2.24) is 28.0 Å². The molecule has 0 unspecified atom stereocenters. The first kappa shape index (κ1) is 19.8. The van der Waals surface area contributed by atoms with E-state index in [-0.39, 0.29) is 0 Å². The Morgan fingerprint density at radius 1 is 0.484 bits per heavy atom. The molecule has 31 heavy (non-hydrogen) atoms. The van der Waals surface area contributed by atoms with Crippen LogP contribution < -0.4 is 4.73 Å². The molecule has 6 fully saturated rings. The molecule has 1 aromatic heterocycles. The first-order valence-corrected chi connectivity index (χ1v) is 16.0. The number of aromatic nitrogens is 1. The van der Waals surface area contributed by atoms with E-state index in [0.717, 1.165) is 4.73 Å². The zero-order valence-corrected chi connectivity index (χ0v) is 20.3. The lowest BCUT2D eigenvalue weighted by molar-refractivity contribution is -0.605. The molecule has 0 radical (unpaired) electrons. The van der Waals surface area contributed by atoms with E-state index in [4.69, 9.17) is 13.5 Å².